The number of rotatable bonds is 4. The Morgan fingerprint density at radius 2 is 1.77 bits per heavy atom. The van der Waals surface area contributed by atoms with Crippen LogP contribution in [0.4, 0.5) is 13.6 Å². The van der Waals surface area contributed by atoms with E-state index in [1.807, 2.05) is 0 Å². The van der Waals surface area contributed by atoms with Crippen LogP contribution in [-0.4, -0.2) is 48.5 Å². The summed E-state index contributed by atoms with van der Waals surface area (Å²) in [5.41, 5.74) is 7.84. The molecule has 0 unspecified atom stereocenters. The van der Waals surface area contributed by atoms with E-state index in [4.69, 9.17) is 10.5 Å². The van der Waals surface area contributed by atoms with Gasteiger partial charge in [-0.2, -0.15) is 0 Å². The molecule has 5 aromatic rings. The van der Waals surface area contributed by atoms with Gasteiger partial charge >= 0.3 is 12.0 Å². The van der Waals surface area contributed by atoms with Gasteiger partial charge in [0, 0.05) is 59.2 Å². The summed E-state index contributed by atoms with van der Waals surface area (Å²) < 4.78 is 38.3. The van der Waals surface area contributed by atoms with Gasteiger partial charge in [0.05, 0.1) is 23.6 Å². The molecule has 0 atom stereocenters. The predicted molar refractivity (Wildman–Crippen MR) is 141 cm³/mol. The van der Waals surface area contributed by atoms with E-state index in [0.29, 0.717) is 48.0 Å². The van der Waals surface area contributed by atoms with E-state index in [1.54, 1.807) is 48.7 Å². The second-order valence-electron chi connectivity index (χ2n) is 10.0. The average Bonchev–Trinajstić information content (AvgIpc) is 3.35. The van der Waals surface area contributed by atoms with Crippen LogP contribution in [0.25, 0.3) is 33.1 Å². The van der Waals surface area contributed by atoms with Gasteiger partial charge < -0.3 is 19.9 Å². The highest BCUT2D eigenvalue weighted by atomic mass is 19.1. The number of benzene rings is 2. The lowest BCUT2D eigenvalue weighted by molar-refractivity contribution is 0.141. The minimum absolute atomic E-state index is 0.0796. The number of nitrogens with two attached hydrogens (primary N) is 1. The Hall–Kier alpha value is -4.67. The van der Waals surface area contributed by atoms with Crippen molar-refractivity contribution in [3.63, 3.8) is 0 Å². The Labute approximate surface area is 222 Å². The zero-order chi connectivity index (χ0) is 27.3. The van der Waals surface area contributed by atoms with Gasteiger partial charge in [-0.1, -0.05) is 0 Å². The average molecular weight is 530 g/mol. The number of ether oxygens (including phenoxy) is 1. The number of aromatic nitrogens is 5. The number of imidazole rings is 1. The summed E-state index contributed by atoms with van der Waals surface area (Å²) in [4.78, 5) is 30.4. The first kappa shape index (κ1) is 24.7. The van der Waals surface area contributed by atoms with Crippen LogP contribution < -0.4 is 10.5 Å². The fraction of sp³-hybridized carbons (Fsp3) is 0.250. The van der Waals surface area contributed by atoms with E-state index in [0.717, 1.165) is 5.52 Å². The van der Waals surface area contributed by atoms with Crippen molar-refractivity contribution in [1.29, 1.82) is 0 Å². The topological polar surface area (TPSA) is 112 Å². The van der Waals surface area contributed by atoms with E-state index in [1.165, 1.54) is 18.2 Å². The lowest BCUT2D eigenvalue weighted by Gasteiger charge is -2.40. The zero-order valence-corrected chi connectivity index (χ0v) is 21.4. The van der Waals surface area contributed by atoms with Crippen molar-refractivity contribution < 1.29 is 18.3 Å². The van der Waals surface area contributed by atoms with Gasteiger partial charge in [0.2, 0.25) is 0 Å². The number of aryl methyl sites for hydroxylation is 1. The first-order valence-electron chi connectivity index (χ1n) is 12.5. The van der Waals surface area contributed by atoms with Crippen LogP contribution in [-0.2, 0) is 5.54 Å². The third-order valence-corrected chi connectivity index (χ3v) is 7.41. The van der Waals surface area contributed by atoms with E-state index in [-0.39, 0.29) is 28.4 Å². The van der Waals surface area contributed by atoms with Gasteiger partial charge in [-0.05, 0) is 51.0 Å². The molecule has 2 amide bonds. The molecule has 1 saturated heterocycles. The minimum Gasteiger partial charge on any atom is -0.424 e. The normalized spacial score (nSPS) is 15.1. The number of piperidine rings is 1. The lowest BCUT2D eigenvalue weighted by Crippen LogP contribution is -2.48. The number of nitrogens with zero attached hydrogens (tertiary/aromatic N) is 6. The number of urea groups is 1. The fourth-order valence-electron chi connectivity index (χ4n) is 5.14. The number of halogens is 2. The molecule has 0 spiro atoms. The van der Waals surface area contributed by atoms with E-state index in [2.05, 4.69) is 31.4 Å². The van der Waals surface area contributed by atoms with Gasteiger partial charge in [-0.3, -0.25) is 4.98 Å². The molecule has 4 heterocycles. The van der Waals surface area contributed by atoms with Gasteiger partial charge in [-0.15, -0.1) is 0 Å². The van der Waals surface area contributed by atoms with E-state index in [9.17, 15) is 4.79 Å². The number of hydrogen-bond acceptors (Lipinski definition) is 6. The summed E-state index contributed by atoms with van der Waals surface area (Å²) in [6, 6.07) is 8.50. The smallest absolute Gasteiger partial charge is 0.322 e. The summed E-state index contributed by atoms with van der Waals surface area (Å²) in [5.74, 6) is -1.06. The first-order chi connectivity index (χ1) is 18.7. The molecule has 0 saturated carbocycles. The Balaban J connectivity index is 1.41. The maximum absolute atomic E-state index is 15.3. The molecular weight excluding hydrogens is 504 g/mol. The summed E-state index contributed by atoms with van der Waals surface area (Å²) in [5, 5.41) is 0.646. The molecule has 3 aromatic heterocycles. The number of fused-ring (bicyclic) bond motifs is 3. The highest BCUT2D eigenvalue weighted by Gasteiger charge is 2.34. The van der Waals surface area contributed by atoms with Crippen molar-refractivity contribution in [2.75, 3.05) is 13.1 Å². The van der Waals surface area contributed by atoms with Gasteiger partial charge in [0.15, 0.2) is 0 Å². The monoisotopic (exact) mass is 529 g/mol. The quantitative estimate of drug-likeness (QED) is 0.338. The summed E-state index contributed by atoms with van der Waals surface area (Å²) in [6.07, 6.45) is 6.23. The SMILES string of the molecule is Cc1ccnc(Oc2ccc(-c3cc4c(cc3F)ncc3ncn(C5(C)CCN(C(N)=O)CC5)c34)c(F)c2)n1. The van der Waals surface area contributed by atoms with Crippen LogP contribution in [0.1, 0.15) is 25.5 Å². The molecule has 0 aliphatic carbocycles. The summed E-state index contributed by atoms with van der Waals surface area (Å²) in [6.45, 7) is 4.92. The van der Waals surface area contributed by atoms with Crippen LogP contribution >= 0.6 is 0 Å². The molecule has 0 radical (unpaired) electrons. The third kappa shape index (κ3) is 4.39. The maximum Gasteiger partial charge on any atom is 0.322 e. The van der Waals surface area contributed by atoms with Crippen molar-refractivity contribution in [1.82, 2.24) is 29.4 Å². The predicted octanol–water partition coefficient (Wildman–Crippen LogP) is 5.31. The molecule has 198 valence electrons. The van der Waals surface area contributed by atoms with Crippen molar-refractivity contribution in [3.8, 4) is 22.9 Å². The second-order valence-corrected chi connectivity index (χ2v) is 10.0. The standard InChI is InChI=1S/C28H25F2N7O2/c1-16-5-8-32-27(35-16)39-17-3-4-18(21(29)11-17)19-12-20-23(13-22(19)30)33-14-24-25(20)37(15-34-24)28(2)6-9-36(10-7-28)26(31)38/h3-5,8,11-15H,6-7,9-10H2,1-2H3,(H2,31,38). The number of primary amides is 1. The van der Waals surface area contributed by atoms with Crippen LogP contribution in [0, 0.1) is 18.6 Å². The first-order valence-corrected chi connectivity index (χ1v) is 12.5. The molecule has 1 fully saturated rings. The van der Waals surface area contributed by atoms with Crippen molar-refractivity contribution >= 4 is 28.0 Å². The zero-order valence-electron chi connectivity index (χ0n) is 21.4. The van der Waals surface area contributed by atoms with Gasteiger partial charge in [0.1, 0.15) is 22.9 Å². The fourth-order valence-corrected chi connectivity index (χ4v) is 5.14. The van der Waals surface area contributed by atoms with Crippen molar-refractivity contribution in [2.45, 2.75) is 32.2 Å². The van der Waals surface area contributed by atoms with Crippen LogP contribution in [0.5, 0.6) is 11.8 Å². The molecule has 2 aromatic carbocycles. The third-order valence-electron chi connectivity index (χ3n) is 7.41. The molecule has 2 N–H and O–H groups in total. The Kier molecular flexibility index (Phi) is 5.86. The number of likely N-dealkylation sites (tertiary alicyclic amines) is 1. The summed E-state index contributed by atoms with van der Waals surface area (Å²) >= 11 is 0. The van der Waals surface area contributed by atoms with Crippen molar-refractivity contribution in [3.05, 3.63) is 72.4 Å². The molecule has 1 aliphatic heterocycles. The summed E-state index contributed by atoms with van der Waals surface area (Å²) in [7, 11) is 0. The Bertz CT molecular complexity index is 1750. The number of amides is 2. The van der Waals surface area contributed by atoms with Crippen LogP contribution in [0.2, 0.25) is 0 Å². The Morgan fingerprint density at radius 3 is 2.49 bits per heavy atom. The molecular formula is C28H25F2N7O2. The number of hydrogen-bond donors (Lipinski definition) is 1. The van der Waals surface area contributed by atoms with E-state index < -0.39 is 17.7 Å². The highest BCUT2D eigenvalue weighted by molar-refractivity contribution is 6.04. The number of pyridine rings is 1. The molecule has 9 nitrogen and oxygen atoms in total. The number of carbonyl (C=O) groups excluding carboxylic acids is 1. The van der Waals surface area contributed by atoms with Crippen LogP contribution in [0.3, 0.4) is 0 Å². The van der Waals surface area contributed by atoms with Crippen LogP contribution in [0.15, 0.2) is 55.1 Å². The van der Waals surface area contributed by atoms with Crippen molar-refractivity contribution in [2.24, 2.45) is 5.73 Å². The van der Waals surface area contributed by atoms with Gasteiger partial charge in [-0.25, -0.2) is 28.5 Å². The Morgan fingerprint density at radius 1 is 1.00 bits per heavy atom. The molecule has 1 aliphatic rings. The lowest BCUT2D eigenvalue weighted by atomic mass is 9.89. The molecule has 11 heteroatoms. The second kappa shape index (κ2) is 9.26. The molecule has 6 rings (SSSR count). The van der Waals surface area contributed by atoms with Gasteiger partial charge in [0.25, 0.3) is 0 Å². The highest BCUT2D eigenvalue weighted by Crippen LogP contribution is 2.38. The number of carbonyl (C=O) groups is 1. The molecule has 0 bridgehead atoms. The largest absolute Gasteiger partial charge is 0.424 e. The van der Waals surface area contributed by atoms with E-state index >= 15 is 8.78 Å². The molecule has 39 heavy (non-hydrogen) atoms. The maximum atomic E-state index is 15.3. The minimum atomic E-state index is -0.655.